The molecule has 7 nitrogen and oxygen atoms in total. The summed E-state index contributed by atoms with van der Waals surface area (Å²) >= 11 is 0. The minimum Gasteiger partial charge on any atom is -0.476 e. The van der Waals surface area contributed by atoms with Crippen LogP contribution >= 0.6 is 0 Å². The Bertz CT molecular complexity index is 418. The summed E-state index contributed by atoms with van der Waals surface area (Å²) in [6, 6.07) is 0. The van der Waals surface area contributed by atoms with Crippen molar-refractivity contribution in [2.24, 2.45) is 0 Å². The number of carboxylic acid groups (broad SMARTS) is 1. The van der Waals surface area contributed by atoms with E-state index in [9.17, 15) is 4.79 Å². The number of rotatable bonds is 7. The van der Waals surface area contributed by atoms with E-state index in [2.05, 4.69) is 15.3 Å². The summed E-state index contributed by atoms with van der Waals surface area (Å²) in [7, 11) is 0. The van der Waals surface area contributed by atoms with Crippen LogP contribution in [0.25, 0.3) is 0 Å². The third-order valence-electron chi connectivity index (χ3n) is 3.02. The zero-order valence-corrected chi connectivity index (χ0v) is 11.2. The molecule has 110 valence electrons. The van der Waals surface area contributed by atoms with Gasteiger partial charge in [0.15, 0.2) is 5.69 Å². The van der Waals surface area contributed by atoms with Gasteiger partial charge in [-0.25, -0.2) is 14.8 Å². The Morgan fingerprint density at radius 3 is 2.85 bits per heavy atom. The van der Waals surface area contributed by atoms with E-state index in [4.69, 9.17) is 14.6 Å². The van der Waals surface area contributed by atoms with Gasteiger partial charge in [0.1, 0.15) is 5.82 Å². The summed E-state index contributed by atoms with van der Waals surface area (Å²) < 4.78 is 11.0. The van der Waals surface area contributed by atoms with E-state index in [0.29, 0.717) is 25.1 Å². The van der Waals surface area contributed by atoms with Gasteiger partial charge in [-0.2, -0.15) is 0 Å². The molecular formula is C13H19N3O4. The largest absolute Gasteiger partial charge is 0.476 e. The first-order valence-electron chi connectivity index (χ1n) is 6.74. The number of hydrogen-bond donors (Lipinski definition) is 2. The van der Waals surface area contributed by atoms with Crippen LogP contribution in [0.3, 0.4) is 0 Å². The van der Waals surface area contributed by atoms with Crippen LogP contribution < -0.4 is 5.32 Å². The van der Waals surface area contributed by atoms with Crippen molar-refractivity contribution >= 4 is 11.8 Å². The molecule has 2 heterocycles. The van der Waals surface area contributed by atoms with Crippen molar-refractivity contribution in [1.29, 1.82) is 0 Å². The predicted octanol–water partition coefficient (Wildman–Crippen LogP) is 1.17. The highest BCUT2D eigenvalue weighted by Gasteiger charge is 2.13. The molecule has 0 bridgehead atoms. The quantitative estimate of drug-likeness (QED) is 0.724. The number of nitrogens with zero attached hydrogens (tertiary/aromatic N) is 2. The first-order chi connectivity index (χ1) is 9.75. The van der Waals surface area contributed by atoms with E-state index in [1.165, 1.54) is 12.4 Å². The molecule has 1 aromatic heterocycles. The molecule has 7 heteroatoms. The maximum absolute atomic E-state index is 10.6. The fourth-order valence-electron chi connectivity index (χ4n) is 1.91. The molecule has 0 radical (unpaired) electrons. The lowest BCUT2D eigenvalue weighted by atomic mass is 10.1. The Morgan fingerprint density at radius 1 is 1.40 bits per heavy atom. The van der Waals surface area contributed by atoms with Gasteiger partial charge in [0.2, 0.25) is 0 Å². The van der Waals surface area contributed by atoms with Gasteiger partial charge >= 0.3 is 5.97 Å². The molecule has 1 fully saturated rings. The predicted molar refractivity (Wildman–Crippen MR) is 71.9 cm³/mol. The van der Waals surface area contributed by atoms with E-state index in [1.54, 1.807) is 0 Å². The number of hydrogen-bond acceptors (Lipinski definition) is 6. The van der Waals surface area contributed by atoms with Crippen molar-refractivity contribution in [3.63, 3.8) is 0 Å². The van der Waals surface area contributed by atoms with E-state index in [1.807, 2.05) is 0 Å². The SMILES string of the molecule is O=C(O)c1cnc(NCCCOC2CCOCC2)cn1. The molecule has 1 aliphatic rings. The zero-order chi connectivity index (χ0) is 14.2. The van der Waals surface area contributed by atoms with E-state index >= 15 is 0 Å². The molecule has 0 amide bonds. The number of carbonyl (C=O) groups is 1. The summed E-state index contributed by atoms with van der Waals surface area (Å²) in [6.45, 7) is 2.98. The Hall–Kier alpha value is -1.73. The van der Waals surface area contributed by atoms with Gasteiger partial charge in [-0.1, -0.05) is 0 Å². The van der Waals surface area contributed by atoms with E-state index in [0.717, 1.165) is 32.5 Å². The van der Waals surface area contributed by atoms with Crippen molar-refractivity contribution in [1.82, 2.24) is 9.97 Å². The van der Waals surface area contributed by atoms with Crippen LogP contribution in [-0.4, -0.2) is 53.5 Å². The first kappa shape index (κ1) is 14.7. The molecule has 20 heavy (non-hydrogen) atoms. The number of aromatic nitrogens is 2. The summed E-state index contributed by atoms with van der Waals surface area (Å²) in [5.74, 6) is -0.505. The molecule has 0 unspecified atom stereocenters. The van der Waals surface area contributed by atoms with Gasteiger partial charge in [0.05, 0.1) is 18.5 Å². The van der Waals surface area contributed by atoms with Crippen molar-refractivity contribution in [3.8, 4) is 0 Å². The number of nitrogens with one attached hydrogen (secondary N) is 1. The van der Waals surface area contributed by atoms with Crippen LogP contribution in [0.5, 0.6) is 0 Å². The Labute approximate surface area is 117 Å². The average molecular weight is 281 g/mol. The van der Waals surface area contributed by atoms with Gasteiger partial charge in [0, 0.05) is 26.4 Å². The Kier molecular flexibility index (Phi) is 5.69. The van der Waals surface area contributed by atoms with Gasteiger partial charge in [-0.05, 0) is 19.3 Å². The lowest BCUT2D eigenvalue weighted by Gasteiger charge is -2.22. The molecule has 1 aliphatic heterocycles. The molecule has 2 N–H and O–H groups in total. The highest BCUT2D eigenvalue weighted by atomic mass is 16.5. The number of aromatic carboxylic acids is 1. The molecule has 0 spiro atoms. The third-order valence-corrected chi connectivity index (χ3v) is 3.02. The lowest BCUT2D eigenvalue weighted by Crippen LogP contribution is -2.24. The maximum Gasteiger partial charge on any atom is 0.356 e. The second-order valence-electron chi connectivity index (χ2n) is 4.55. The lowest BCUT2D eigenvalue weighted by molar-refractivity contribution is -0.0316. The minimum atomic E-state index is -1.08. The molecule has 1 saturated heterocycles. The smallest absolute Gasteiger partial charge is 0.356 e. The summed E-state index contributed by atoms with van der Waals surface area (Å²) in [5, 5.41) is 11.8. The van der Waals surface area contributed by atoms with Crippen LogP contribution in [0.2, 0.25) is 0 Å². The second kappa shape index (κ2) is 7.76. The van der Waals surface area contributed by atoms with Crippen LogP contribution in [0.4, 0.5) is 5.82 Å². The third kappa shape index (κ3) is 4.75. The Balaban J connectivity index is 1.59. The summed E-state index contributed by atoms with van der Waals surface area (Å²) in [5.41, 5.74) is -0.0570. The van der Waals surface area contributed by atoms with Crippen LogP contribution in [0.1, 0.15) is 29.8 Å². The number of anilines is 1. The molecule has 0 aliphatic carbocycles. The standard InChI is InChI=1S/C13H19N3O4/c17-13(18)11-8-16-12(9-15-11)14-4-1-5-20-10-2-6-19-7-3-10/h8-10H,1-7H2,(H,14,16)(H,17,18). The van der Waals surface area contributed by atoms with E-state index in [-0.39, 0.29) is 5.69 Å². The fraction of sp³-hybridized carbons (Fsp3) is 0.615. The van der Waals surface area contributed by atoms with Gasteiger partial charge in [-0.15, -0.1) is 0 Å². The molecule has 0 aromatic carbocycles. The van der Waals surface area contributed by atoms with Crippen molar-refractivity contribution in [2.45, 2.75) is 25.4 Å². The van der Waals surface area contributed by atoms with E-state index < -0.39 is 5.97 Å². The van der Waals surface area contributed by atoms with Gasteiger partial charge < -0.3 is 19.9 Å². The van der Waals surface area contributed by atoms with Gasteiger partial charge in [-0.3, -0.25) is 0 Å². The van der Waals surface area contributed by atoms with Crippen molar-refractivity contribution in [2.75, 3.05) is 31.7 Å². The fourth-order valence-corrected chi connectivity index (χ4v) is 1.91. The highest BCUT2D eigenvalue weighted by Crippen LogP contribution is 2.10. The molecule has 1 aromatic rings. The highest BCUT2D eigenvalue weighted by molar-refractivity contribution is 5.84. The molecule has 0 atom stereocenters. The van der Waals surface area contributed by atoms with Crippen LogP contribution in [-0.2, 0) is 9.47 Å². The van der Waals surface area contributed by atoms with Gasteiger partial charge in [0.25, 0.3) is 0 Å². The normalized spacial score (nSPS) is 16.0. The zero-order valence-electron chi connectivity index (χ0n) is 11.2. The minimum absolute atomic E-state index is 0.0570. The van der Waals surface area contributed by atoms with Crippen LogP contribution in [0.15, 0.2) is 12.4 Å². The summed E-state index contributed by atoms with van der Waals surface area (Å²) in [6.07, 6.45) is 5.77. The van der Waals surface area contributed by atoms with Crippen molar-refractivity contribution < 1.29 is 19.4 Å². The second-order valence-corrected chi connectivity index (χ2v) is 4.55. The first-order valence-corrected chi connectivity index (χ1v) is 6.74. The maximum atomic E-state index is 10.6. The average Bonchev–Trinajstić information content (AvgIpc) is 2.48. The van der Waals surface area contributed by atoms with Crippen molar-refractivity contribution in [3.05, 3.63) is 18.1 Å². The molecule has 0 saturated carbocycles. The molecule has 2 rings (SSSR count). The Morgan fingerprint density at radius 2 is 2.20 bits per heavy atom. The monoisotopic (exact) mass is 281 g/mol. The van der Waals surface area contributed by atoms with Crippen LogP contribution in [0, 0.1) is 0 Å². The summed E-state index contributed by atoms with van der Waals surface area (Å²) in [4.78, 5) is 18.4. The topological polar surface area (TPSA) is 93.6 Å². The molecular weight excluding hydrogens is 262 g/mol. The number of carboxylic acids is 1. The number of ether oxygens (including phenoxy) is 2.